The summed E-state index contributed by atoms with van der Waals surface area (Å²) >= 11 is 0. The van der Waals surface area contributed by atoms with Gasteiger partial charge in [-0.05, 0) is 61.3 Å². The van der Waals surface area contributed by atoms with Crippen molar-refractivity contribution in [3.8, 4) is 5.75 Å². The van der Waals surface area contributed by atoms with Gasteiger partial charge in [-0.1, -0.05) is 6.07 Å². The Morgan fingerprint density at radius 3 is 2.61 bits per heavy atom. The van der Waals surface area contributed by atoms with Crippen LogP contribution in [-0.4, -0.2) is 74.8 Å². The largest absolute Gasteiger partial charge is 0.492 e. The Morgan fingerprint density at radius 2 is 1.89 bits per heavy atom. The number of ether oxygens (including phenoxy) is 1. The minimum Gasteiger partial charge on any atom is -0.492 e. The van der Waals surface area contributed by atoms with Crippen LogP contribution in [0.1, 0.15) is 43.6 Å². The van der Waals surface area contributed by atoms with E-state index in [1.807, 2.05) is 30.3 Å². The zero-order valence-electron chi connectivity index (χ0n) is 20.7. The van der Waals surface area contributed by atoms with Crippen molar-refractivity contribution in [1.29, 1.82) is 0 Å². The fourth-order valence-corrected chi connectivity index (χ4v) is 6.40. The van der Waals surface area contributed by atoms with E-state index in [0.29, 0.717) is 38.6 Å². The molecular formula is C27H32N2O6S. The third-order valence-corrected chi connectivity index (χ3v) is 8.93. The summed E-state index contributed by atoms with van der Waals surface area (Å²) in [5, 5.41) is 2.94. The lowest BCUT2D eigenvalue weighted by molar-refractivity contribution is -0.130. The zero-order chi connectivity index (χ0) is 25.4. The Balaban J connectivity index is 1.25. The van der Waals surface area contributed by atoms with Crippen molar-refractivity contribution in [3.05, 3.63) is 42.2 Å². The van der Waals surface area contributed by atoms with Crippen LogP contribution in [0.4, 0.5) is 0 Å². The molecular weight excluding hydrogens is 480 g/mol. The number of carbonyl (C=O) groups excluding carboxylic acids is 2. The quantitative estimate of drug-likeness (QED) is 0.445. The van der Waals surface area contributed by atoms with Crippen LogP contribution in [0.3, 0.4) is 0 Å². The average Bonchev–Trinajstić information content (AvgIpc) is 3.28. The number of fused-ring (bicyclic) bond motifs is 3. The summed E-state index contributed by atoms with van der Waals surface area (Å²) in [5.41, 5.74) is 1.60. The maximum Gasteiger partial charge on any atom is 0.211 e. The number of piperidine rings is 1. The monoisotopic (exact) mass is 512 g/mol. The molecule has 2 aliphatic rings. The van der Waals surface area contributed by atoms with Crippen LogP contribution in [0.25, 0.3) is 21.7 Å². The molecule has 0 spiro atoms. The smallest absolute Gasteiger partial charge is 0.211 e. The molecule has 3 aromatic rings. The fraction of sp³-hybridized carbons (Fsp3) is 0.481. The topological polar surface area (TPSA) is 97.1 Å². The van der Waals surface area contributed by atoms with Gasteiger partial charge >= 0.3 is 0 Å². The van der Waals surface area contributed by atoms with Gasteiger partial charge in [-0.2, -0.15) is 0 Å². The van der Waals surface area contributed by atoms with Crippen molar-refractivity contribution in [2.75, 3.05) is 39.5 Å². The number of likely N-dealkylation sites (N-methyl/N-ethyl adjacent to an activating group) is 1. The number of hydrogen-bond donors (Lipinski definition) is 0. The first-order chi connectivity index (χ1) is 17.2. The summed E-state index contributed by atoms with van der Waals surface area (Å²) in [6, 6.07) is 10.2. The molecule has 0 amide bonds. The third kappa shape index (κ3) is 5.05. The van der Waals surface area contributed by atoms with Crippen LogP contribution >= 0.6 is 0 Å². The number of rotatable bonds is 7. The minimum atomic E-state index is -3.12. The van der Waals surface area contributed by atoms with Crippen molar-refractivity contribution in [1.82, 2.24) is 9.21 Å². The van der Waals surface area contributed by atoms with Gasteiger partial charge in [0, 0.05) is 49.0 Å². The average molecular weight is 513 g/mol. The first-order valence-corrected chi connectivity index (χ1v) is 14.3. The summed E-state index contributed by atoms with van der Waals surface area (Å²) in [5.74, 6) is 0.453. The highest BCUT2D eigenvalue weighted by atomic mass is 32.2. The normalized spacial score (nSPS) is 20.6. The number of hydrogen-bond acceptors (Lipinski definition) is 7. The molecule has 2 heterocycles. The number of carbonyl (C=O) groups is 2. The molecule has 192 valence electrons. The van der Waals surface area contributed by atoms with Gasteiger partial charge in [0.25, 0.3) is 0 Å². The molecule has 2 aromatic carbocycles. The lowest BCUT2D eigenvalue weighted by Gasteiger charge is -2.35. The number of benzene rings is 2. The summed E-state index contributed by atoms with van der Waals surface area (Å²) < 4.78 is 36.8. The van der Waals surface area contributed by atoms with Gasteiger partial charge in [-0.25, -0.2) is 12.7 Å². The number of furan rings is 1. The van der Waals surface area contributed by atoms with Crippen LogP contribution in [0.15, 0.2) is 41.0 Å². The van der Waals surface area contributed by atoms with E-state index in [9.17, 15) is 18.0 Å². The second-order valence-corrected chi connectivity index (χ2v) is 12.0. The van der Waals surface area contributed by atoms with E-state index in [1.165, 1.54) is 6.26 Å². The Bertz CT molecular complexity index is 1400. The third-order valence-electron chi connectivity index (χ3n) is 7.63. The maximum atomic E-state index is 12.6. The van der Waals surface area contributed by atoms with Crippen LogP contribution in [0.5, 0.6) is 5.75 Å². The van der Waals surface area contributed by atoms with Crippen LogP contribution in [0, 0.1) is 0 Å². The molecule has 2 fully saturated rings. The van der Waals surface area contributed by atoms with Crippen molar-refractivity contribution in [2.24, 2.45) is 0 Å². The lowest BCUT2D eigenvalue weighted by atomic mass is 9.81. The second-order valence-electron chi connectivity index (χ2n) is 10.0. The number of Topliss-reactive ketones (excluding diaryl/α,β-unsaturated/α-hetero) is 2. The Morgan fingerprint density at radius 1 is 1.11 bits per heavy atom. The molecule has 0 unspecified atom stereocenters. The first kappa shape index (κ1) is 24.9. The SMILES string of the molecule is CN(CCOc1ccc2c(ccc3occ([C@H]4CCC(=O)CC4=O)c32)c1)C1CCN(S(C)(=O)=O)CC1. The lowest BCUT2D eigenvalue weighted by Crippen LogP contribution is -2.46. The van der Waals surface area contributed by atoms with Crippen molar-refractivity contribution in [2.45, 2.75) is 44.1 Å². The van der Waals surface area contributed by atoms with Gasteiger partial charge in [-0.15, -0.1) is 0 Å². The molecule has 1 saturated carbocycles. The van der Waals surface area contributed by atoms with Gasteiger partial charge in [0.05, 0.1) is 18.9 Å². The molecule has 1 aliphatic heterocycles. The van der Waals surface area contributed by atoms with Gasteiger partial charge < -0.3 is 9.15 Å². The Hall–Kier alpha value is -2.75. The van der Waals surface area contributed by atoms with Crippen LogP contribution < -0.4 is 4.74 Å². The molecule has 0 bridgehead atoms. The molecule has 1 saturated heterocycles. The van der Waals surface area contributed by atoms with E-state index < -0.39 is 10.0 Å². The molecule has 1 aliphatic carbocycles. The predicted octanol–water partition coefficient (Wildman–Crippen LogP) is 3.73. The molecule has 9 heteroatoms. The second kappa shape index (κ2) is 9.95. The summed E-state index contributed by atoms with van der Waals surface area (Å²) in [6.07, 6.45) is 5.54. The van der Waals surface area contributed by atoms with Crippen molar-refractivity contribution >= 4 is 43.3 Å². The zero-order valence-corrected chi connectivity index (χ0v) is 21.6. The van der Waals surface area contributed by atoms with E-state index >= 15 is 0 Å². The Labute approximate surface area is 211 Å². The summed E-state index contributed by atoms with van der Waals surface area (Å²) in [4.78, 5) is 26.5. The van der Waals surface area contributed by atoms with E-state index in [0.717, 1.165) is 52.4 Å². The molecule has 5 rings (SSSR count). The predicted molar refractivity (Wildman–Crippen MR) is 138 cm³/mol. The summed E-state index contributed by atoms with van der Waals surface area (Å²) in [6.45, 7) is 2.40. The van der Waals surface area contributed by atoms with E-state index in [2.05, 4.69) is 11.9 Å². The minimum absolute atomic E-state index is 0.00532. The molecule has 0 N–H and O–H groups in total. The maximum absolute atomic E-state index is 12.6. The highest BCUT2D eigenvalue weighted by Gasteiger charge is 2.31. The standard InChI is InChI=1S/C27H32N2O6S/c1-28(19-9-11-29(12-10-19)36(2,32)33)13-14-34-21-5-7-22-18(15-21)3-8-26-27(22)24(17-35-26)23-6-4-20(30)16-25(23)31/h3,5,7-8,15,17,19,23H,4,6,9-14,16H2,1-2H3/t23-/m1/s1. The van der Waals surface area contributed by atoms with E-state index in [4.69, 9.17) is 9.15 Å². The highest BCUT2D eigenvalue weighted by Crippen LogP contribution is 2.39. The molecule has 1 atom stereocenters. The first-order valence-electron chi connectivity index (χ1n) is 12.5. The van der Waals surface area contributed by atoms with Crippen molar-refractivity contribution in [3.63, 3.8) is 0 Å². The number of sulfonamides is 1. The number of ketones is 2. The number of nitrogens with zero attached hydrogens (tertiary/aromatic N) is 2. The molecule has 8 nitrogen and oxygen atoms in total. The highest BCUT2D eigenvalue weighted by molar-refractivity contribution is 7.88. The molecule has 1 aromatic heterocycles. The molecule has 0 radical (unpaired) electrons. The van der Waals surface area contributed by atoms with Gasteiger partial charge in [0.1, 0.15) is 29.5 Å². The fourth-order valence-electron chi connectivity index (χ4n) is 5.52. The summed E-state index contributed by atoms with van der Waals surface area (Å²) in [7, 11) is -1.06. The van der Waals surface area contributed by atoms with Crippen molar-refractivity contribution < 1.29 is 27.2 Å². The van der Waals surface area contributed by atoms with Gasteiger partial charge in [0.2, 0.25) is 10.0 Å². The van der Waals surface area contributed by atoms with E-state index in [-0.39, 0.29) is 23.9 Å². The van der Waals surface area contributed by atoms with Gasteiger partial charge in [0.15, 0.2) is 0 Å². The van der Waals surface area contributed by atoms with Gasteiger partial charge in [-0.3, -0.25) is 14.5 Å². The van der Waals surface area contributed by atoms with Crippen LogP contribution in [-0.2, 0) is 19.6 Å². The molecule has 36 heavy (non-hydrogen) atoms. The Kier molecular flexibility index (Phi) is 6.89. The van der Waals surface area contributed by atoms with Crippen LogP contribution in [0.2, 0.25) is 0 Å². The van der Waals surface area contributed by atoms with E-state index in [1.54, 1.807) is 10.6 Å².